The Morgan fingerprint density at radius 2 is 1.93 bits per heavy atom. The number of benzene rings is 1. The van der Waals surface area contributed by atoms with Gasteiger partial charge in [-0.1, -0.05) is 56.3 Å². The van der Waals surface area contributed by atoms with Crippen molar-refractivity contribution in [1.82, 2.24) is 9.80 Å². The molecule has 1 aromatic carbocycles. The first kappa shape index (κ1) is 20.6. The Kier molecular flexibility index (Phi) is 5.42. The zero-order valence-electron chi connectivity index (χ0n) is 17.7. The minimum atomic E-state index is -0.674. The van der Waals surface area contributed by atoms with Gasteiger partial charge in [0.25, 0.3) is 0 Å². The van der Waals surface area contributed by atoms with E-state index in [0.29, 0.717) is 19.5 Å². The van der Waals surface area contributed by atoms with Crippen molar-refractivity contribution in [2.24, 2.45) is 17.1 Å². The van der Waals surface area contributed by atoms with Crippen LogP contribution < -0.4 is 5.73 Å². The van der Waals surface area contributed by atoms with E-state index in [1.54, 1.807) is 9.80 Å². The van der Waals surface area contributed by atoms with E-state index in [1.807, 2.05) is 50.3 Å². The van der Waals surface area contributed by atoms with E-state index in [0.717, 1.165) is 18.4 Å². The number of rotatable bonds is 2. The minimum Gasteiger partial charge on any atom is -0.339 e. The third kappa shape index (κ3) is 3.52. The molecular formula is C24H30N4O2. The van der Waals surface area contributed by atoms with Gasteiger partial charge < -0.3 is 15.5 Å². The average molecular weight is 407 g/mol. The van der Waals surface area contributed by atoms with Crippen LogP contribution in [0.15, 0.2) is 42.5 Å². The first-order valence-corrected chi connectivity index (χ1v) is 10.8. The Bertz CT molecular complexity index is 888. The minimum absolute atomic E-state index is 0.00417. The second-order valence-corrected chi connectivity index (χ2v) is 9.43. The van der Waals surface area contributed by atoms with Crippen LogP contribution in [0.25, 0.3) is 0 Å². The van der Waals surface area contributed by atoms with Crippen molar-refractivity contribution in [1.29, 1.82) is 5.26 Å². The average Bonchev–Trinajstić information content (AvgIpc) is 3.36. The molecule has 2 amide bonds. The summed E-state index contributed by atoms with van der Waals surface area (Å²) in [7, 11) is 0. The number of fused-ring (bicyclic) bond motifs is 1. The number of hydrogen-bond donors (Lipinski definition) is 1. The molecule has 0 radical (unpaired) electrons. The van der Waals surface area contributed by atoms with Crippen LogP contribution in [0.4, 0.5) is 0 Å². The molecule has 30 heavy (non-hydrogen) atoms. The van der Waals surface area contributed by atoms with Crippen LogP contribution in [0.5, 0.6) is 0 Å². The van der Waals surface area contributed by atoms with Crippen LogP contribution in [-0.2, 0) is 9.59 Å². The van der Waals surface area contributed by atoms with E-state index in [9.17, 15) is 14.9 Å². The third-order valence-corrected chi connectivity index (χ3v) is 7.09. The maximum Gasteiger partial charge on any atom is 0.245 e. The molecule has 3 aliphatic rings. The fourth-order valence-electron chi connectivity index (χ4n) is 5.17. The maximum atomic E-state index is 13.5. The summed E-state index contributed by atoms with van der Waals surface area (Å²) in [6.45, 7) is 4.85. The Hall–Kier alpha value is -2.65. The maximum absolute atomic E-state index is 13.5. The van der Waals surface area contributed by atoms with Crippen molar-refractivity contribution in [2.75, 3.05) is 13.1 Å². The molecule has 3 aliphatic heterocycles. The van der Waals surface area contributed by atoms with Crippen LogP contribution in [0.3, 0.4) is 0 Å². The van der Waals surface area contributed by atoms with Gasteiger partial charge in [-0.15, -0.1) is 0 Å². The lowest BCUT2D eigenvalue weighted by molar-refractivity contribution is -0.147. The summed E-state index contributed by atoms with van der Waals surface area (Å²) in [5, 5.41) is 9.68. The molecule has 6 heteroatoms. The fraction of sp³-hybridized carbons (Fsp3) is 0.542. The van der Waals surface area contributed by atoms with Gasteiger partial charge in [0.2, 0.25) is 11.8 Å². The highest BCUT2D eigenvalue weighted by atomic mass is 16.2. The first-order valence-electron chi connectivity index (χ1n) is 10.8. The molecule has 158 valence electrons. The molecule has 2 N–H and O–H groups in total. The SMILES string of the molecule is CC1(C)/C=C\C[C@H]2CC[C@@H](C(=O)N3C[C@@H](C#N)[C@H](c4ccccc4)C3)N2C(=O)[C@H]1N. The molecule has 6 nitrogen and oxygen atoms in total. The summed E-state index contributed by atoms with van der Waals surface area (Å²) >= 11 is 0. The van der Waals surface area contributed by atoms with Crippen LogP contribution in [0, 0.1) is 22.7 Å². The second-order valence-electron chi connectivity index (χ2n) is 9.43. The van der Waals surface area contributed by atoms with Gasteiger partial charge in [-0.3, -0.25) is 9.59 Å². The number of likely N-dealkylation sites (tertiary alicyclic amines) is 1. The van der Waals surface area contributed by atoms with Crippen LogP contribution in [0.2, 0.25) is 0 Å². The number of amides is 2. The Morgan fingerprint density at radius 3 is 2.63 bits per heavy atom. The van der Waals surface area contributed by atoms with Gasteiger partial charge in [0.15, 0.2) is 0 Å². The number of nitrogens with zero attached hydrogens (tertiary/aromatic N) is 3. The summed E-state index contributed by atoms with van der Waals surface area (Å²) < 4.78 is 0. The molecule has 2 saturated heterocycles. The Balaban J connectivity index is 1.56. The molecule has 0 unspecified atom stereocenters. The second kappa shape index (κ2) is 7.88. The molecular weight excluding hydrogens is 376 g/mol. The van der Waals surface area contributed by atoms with E-state index >= 15 is 0 Å². The summed E-state index contributed by atoms with van der Waals surface area (Å²) in [6.07, 6.45) is 6.34. The fourth-order valence-corrected chi connectivity index (χ4v) is 5.17. The molecule has 0 spiro atoms. The lowest BCUT2D eigenvalue weighted by atomic mass is 9.82. The standard InChI is InChI=1S/C24H30N4O2/c1-24(2)12-6-9-18-10-11-20(28(18)23(30)21(24)26)22(29)27-14-17(13-25)19(15-27)16-7-4-3-5-8-16/h3-8,12,17-21H,9-11,14-15,26H2,1-2H3/b12-6-/t17-,18+,19+,20+,21-/m1/s1. The highest BCUT2D eigenvalue weighted by molar-refractivity contribution is 5.91. The Labute approximate surface area is 178 Å². The van der Waals surface area contributed by atoms with Gasteiger partial charge in [-0.25, -0.2) is 0 Å². The number of nitriles is 1. The summed E-state index contributed by atoms with van der Waals surface area (Å²) in [5.74, 6) is -0.412. The van der Waals surface area contributed by atoms with E-state index < -0.39 is 17.5 Å². The third-order valence-electron chi connectivity index (χ3n) is 7.09. The number of carbonyl (C=O) groups excluding carboxylic acids is 2. The highest BCUT2D eigenvalue weighted by Crippen LogP contribution is 2.37. The van der Waals surface area contributed by atoms with Gasteiger partial charge in [-0.2, -0.15) is 5.26 Å². The van der Waals surface area contributed by atoms with Gasteiger partial charge in [0.05, 0.1) is 18.0 Å². The number of hydrogen-bond acceptors (Lipinski definition) is 4. The number of nitrogens with two attached hydrogens (primary N) is 1. The predicted octanol–water partition coefficient (Wildman–Crippen LogP) is 2.43. The Morgan fingerprint density at radius 1 is 1.20 bits per heavy atom. The number of carbonyl (C=O) groups is 2. The van der Waals surface area contributed by atoms with Crippen molar-refractivity contribution in [3.8, 4) is 6.07 Å². The molecule has 0 aromatic heterocycles. The van der Waals surface area contributed by atoms with Gasteiger partial charge in [0.1, 0.15) is 6.04 Å². The monoisotopic (exact) mass is 406 g/mol. The molecule has 5 atom stereocenters. The largest absolute Gasteiger partial charge is 0.339 e. The lowest BCUT2D eigenvalue weighted by Gasteiger charge is -2.38. The molecule has 4 rings (SSSR count). The van der Waals surface area contributed by atoms with Crippen molar-refractivity contribution in [3.05, 3.63) is 48.0 Å². The normalized spacial score (nSPS) is 34.1. The molecule has 2 fully saturated rings. The van der Waals surface area contributed by atoms with Crippen molar-refractivity contribution >= 4 is 11.8 Å². The smallest absolute Gasteiger partial charge is 0.245 e. The summed E-state index contributed by atoms with van der Waals surface area (Å²) in [5.41, 5.74) is 6.96. The predicted molar refractivity (Wildman–Crippen MR) is 114 cm³/mol. The van der Waals surface area contributed by atoms with Gasteiger partial charge in [-0.05, 0) is 24.8 Å². The van der Waals surface area contributed by atoms with Gasteiger partial charge >= 0.3 is 0 Å². The molecule has 1 aromatic rings. The van der Waals surface area contributed by atoms with Gasteiger partial charge in [0, 0.05) is 30.5 Å². The van der Waals surface area contributed by atoms with E-state index in [1.165, 1.54) is 0 Å². The van der Waals surface area contributed by atoms with Crippen LogP contribution >= 0.6 is 0 Å². The lowest BCUT2D eigenvalue weighted by Crippen LogP contribution is -2.58. The molecule has 0 saturated carbocycles. The topological polar surface area (TPSA) is 90.4 Å². The molecule has 0 aliphatic carbocycles. The first-order chi connectivity index (χ1) is 14.3. The summed E-state index contributed by atoms with van der Waals surface area (Å²) in [6, 6.07) is 11.2. The zero-order valence-corrected chi connectivity index (χ0v) is 17.7. The molecule has 0 bridgehead atoms. The zero-order chi connectivity index (χ0) is 21.5. The molecule has 3 heterocycles. The summed E-state index contributed by atoms with van der Waals surface area (Å²) in [4.78, 5) is 30.3. The van der Waals surface area contributed by atoms with E-state index in [4.69, 9.17) is 5.73 Å². The van der Waals surface area contributed by atoms with Crippen LogP contribution in [0.1, 0.15) is 44.6 Å². The van der Waals surface area contributed by atoms with Crippen LogP contribution in [-0.4, -0.2) is 52.8 Å². The van der Waals surface area contributed by atoms with E-state index in [-0.39, 0.29) is 29.7 Å². The van der Waals surface area contributed by atoms with E-state index in [2.05, 4.69) is 12.1 Å². The van der Waals surface area contributed by atoms with Crippen molar-refractivity contribution in [2.45, 2.75) is 57.2 Å². The highest BCUT2D eigenvalue weighted by Gasteiger charge is 2.48. The quantitative estimate of drug-likeness (QED) is 0.764. The van der Waals surface area contributed by atoms with Crippen molar-refractivity contribution in [3.63, 3.8) is 0 Å². The van der Waals surface area contributed by atoms with Crippen molar-refractivity contribution < 1.29 is 9.59 Å².